The van der Waals surface area contributed by atoms with Crippen molar-refractivity contribution in [3.8, 4) is 0 Å². The van der Waals surface area contributed by atoms with Gasteiger partial charge in [0, 0.05) is 29.4 Å². The molecule has 2 unspecified atom stereocenters. The highest BCUT2D eigenvalue weighted by molar-refractivity contribution is 9.10. The van der Waals surface area contributed by atoms with Gasteiger partial charge >= 0.3 is 0 Å². The fourth-order valence-corrected chi connectivity index (χ4v) is 4.79. The molecular formula is C26H24BrFN2O3. The van der Waals surface area contributed by atoms with Crippen LogP contribution < -0.4 is 5.32 Å². The second-order valence-electron chi connectivity index (χ2n) is 8.00. The van der Waals surface area contributed by atoms with Crippen LogP contribution in [0.4, 0.5) is 10.1 Å². The Labute approximate surface area is 200 Å². The summed E-state index contributed by atoms with van der Waals surface area (Å²) in [5.74, 6) is -1.49. The molecule has 1 aliphatic heterocycles. The van der Waals surface area contributed by atoms with Gasteiger partial charge in [0.05, 0.1) is 18.6 Å². The van der Waals surface area contributed by atoms with Crippen LogP contribution in [0.25, 0.3) is 0 Å². The van der Waals surface area contributed by atoms with Crippen molar-refractivity contribution < 1.29 is 18.7 Å². The minimum absolute atomic E-state index is 0.180. The lowest BCUT2D eigenvalue weighted by atomic mass is 9.79. The van der Waals surface area contributed by atoms with E-state index in [1.807, 2.05) is 37.3 Å². The van der Waals surface area contributed by atoms with Crippen LogP contribution in [-0.4, -0.2) is 37.0 Å². The molecule has 0 spiro atoms. The van der Waals surface area contributed by atoms with Gasteiger partial charge in [0.25, 0.3) is 5.91 Å². The zero-order valence-electron chi connectivity index (χ0n) is 18.3. The highest BCUT2D eigenvalue weighted by Gasteiger charge is 2.44. The Balaban J connectivity index is 1.83. The molecule has 170 valence electrons. The van der Waals surface area contributed by atoms with Gasteiger partial charge in [-0.15, -0.1) is 0 Å². The summed E-state index contributed by atoms with van der Waals surface area (Å²) in [5, 5.41) is 3.05. The second-order valence-corrected chi connectivity index (χ2v) is 8.92. The van der Waals surface area contributed by atoms with E-state index >= 15 is 0 Å². The number of nitrogens with zero attached hydrogens (tertiary/aromatic N) is 1. The van der Waals surface area contributed by atoms with Gasteiger partial charge in [0.1, 0.15) is 5.82 Å². The van der Waals surface area contributed by atoms with Crippen LogP contribution >= 0.6 is 15.9 Å². The third-order valence-corrected chi connectivity index (χ3v) is 6.41. The van der Waals surface area contributed by atoms with E-state index in [-0.39, 0.29) is 17.6 Å². The standard InChI is InChI=1S/C26H24BrFN2O3/c1-16-15-18(27)9-12-22(16)29-25(31)23-20-5-3-4-6-21(20)26(32)30(13-14-33-2)24(23)17-7-10-19(28)11-8-17/h3-12,15,23-24H,13-14H2,1-2H3,(H,29,31). The van der Waals surface area contributed by atoms with Crippen LogP contribution in [-0.2, 0) is 9.53 Å². The van der Waals surface area contributed by atoms with E-state index in [4.69, 9.17) is 4.74 Å². The molecule has 5 nitrogen and oxygen atoms in total. The quantitative estimate of drug-likeness (QED) is 0.478. The molecule has 0 fully saturated rings. The zero-order chi connectivity index (χ0) is 23.5. The number of ether oxygens (including phenoxy) is 1. The van der Waals surface area contributed by atoms with E-state index < -0.39 is 12.0 Å². The molecule has 7 heteroatoms. The molecule has 0 aliphatic carbocycles. The molecule has 4 rings (SSSR count). The van der Waals surface area contributed by atoms with Crippen LogP contribution in [0.3, 0.4) is 0 Å². The van der Waals surface area contributed by atoms with E-state index in [0.29, 0.717) is 35.5 Å². The van der Waals surface area contributed by atoms with Gasteiger partial charge < -0.3 is 15.0 Å². The molecule has 0 saturated carbocycles. The van der Waals surface area contributed by atoms with Crippen molar-refractivity contribution in [3.05, 3.63) is 99.3 Å². The van der Waals surface area contributed by atoms with Crippen LogP contribution in [0, 0.1) is 12.7 Å². The number of carbonyl (C=O) groups excluding carboxylic acids is 2. The number of rotatable bonds is 6. The van der Waals surface area contributed by atoms with Crippen LogP contribution in [0.1, 0.15) is 39.0 Å². The highest BCUT2D eigenvalue weighted by atomic mass is 79.9. The summed E-state index contributed by atoms with van der Waals surface area (Å²) in [6.45, 7) is 2.53. The van der Waals surface area contributed by atoms with Gasteiger partial charge in [-0.3, -0.25) is 9.59 Å². The predicted molar refractivity (Wildman–Crippen MR) is 129 cm³/mol. The number of benzene rings is 3. The van der Waals surface area contributed by atoms with Crippen LogP contribution in [0.2, 0.25) is 0 Å². The first-order valence-electron chi connectivity index (χ1n) is 10.6. The molecule has 1 heterocycles. The van der Waals surface area contributed by atoms with Crippen molar-refractivity contribution in [1.29, 1.82) is 0 Å². The summed E-state index contributed by atoms with van der Waals surface area (Å²) in [5.41, 5.74) is 3.42. The Morgan fingerprint density at radius 2 is 1.85 bits per heavy atom. The Morgan fingerprint density at radius 1 is 1.12 bits per heavy atom. The van der Waals surface area contributed by atoms with Gasteiger partial charge in [-0.25, -0.2) is 4.39 Å². The average Bonchev–Trinajstić information content (AvgIpc) is 2.80. The highest BCUT2D eigenvalue weighted by Crippen LogP contribution is 2.43. The number of anilines is 1. The van der Waals surface area contributed by atoms with Gasteiger partial charge in [-0.1, -0.05) is 46.3 Å². The monoisotopic (exact) mass is 510 g/mol. The van der Waals surface area contributed by atoms with E-state index in [2.05, 4.69) is 21.2 Å². The number of amides is 2. The maximum Gasteiger partial charge on any atom is 0.254 e. The van der Waals surface area contributed by atoms with E-state index in [9.17, 15) is 14.0 Å². The van der Waals surface area contributed by atoms with Gasteiger partial charge in [0.15, 0.2) is 0 Å². The Kier molecular flexibility index (Phi) is 6.91. The third-order valence-electron chi connectivity index (χ3n) is 5.92. The summed E-state index contributed by atoms with van der Waals surface area (Å²) >= 11 is 3.45. The lowest BCUT2D eigenvalue weighted by molar-refractivity contribution is -0.119. The van der Waals surface area contributed by atoms with E-state index in [0.717, 1.165) is 10.0 Å². The molecule has 2 atom stereocenters. The second kappa shape index (κ2) is 9.85. The largest absolute Gasteiger partial charge is 0.383 e. The molecule has 2 amide bonds. The molecular weight excluding hydrogens is 487 g/mol. The van der Waals surface area contributed by atoms with Crippen molar-refractivity contribution in [1.82, 2.24) is 4.90 Å². The van der Waals surface area contributed by atoms with Gasteiger partial charge in [0.2, 0.25) is 5.91 Å². The topological polar surface area (TPSA) is 58.6 Å². The first kappa shape index (κ1) is 23.1. The first-order valence-corrected chi connectivity index (χ1v) is 11.4. The summed E-state index contributed by atoms with van der Waals surface area (Å²) < 4.78 is 19.9. The average molecular weight is 511 g/mol. The van der Waals surface area contributed by atoms with Crippen molar-refractivity contribution in [2.24, 2.45) is 0 Å². The maximum absolute atomic E-state index is 13.8. The van der Waals surface area contributed by atoms with E-state index in [1.54, 1.807) is 36.3 Å². The Bertz CT molecular complexity index is 1180. The fourth-order valence-electron chi connectivity index (χ4n) is 4.32. The number of fused-ring (bicyclic) bond motifs is 1. The molecule has 3 aromatic rings. The van der Waals surface area contributed by atoms with E-state index in [1.165, 1.54) is 12.1 Å². The lowest BCUT2D eigenvalue weighted by Gasteiger charge is -2.41. The SMILES string of the molecule is COCCN1C(=O)c2ccccc2C(C(=O)Nc2ccc(Br)cc2C)C1c1ccc(F)cc1. The first-order chi connectivity index (χ1) is 15.9. The summed E-state index contributed by atoms with van der Waals surface area (Å²) in [6, 6.07) is 18.1. The normalized spacial score (nSPS) is 17.6. The van der Waals surface area contributed by atoms with Crippen molar-refractivity contribution in [2.75, 3.05) is 25.6 Å². The molecule has 0 aromatic heterocycles. The number of hydrogen-bond donors (Lipinski definition) is 1. The minimum atomic E-state index is -0.690. The lowest BCUT2D eigenvalue weighted by Crippen LogP contribution is -2.47. The smallest absolute Gasteiger partial charge is 0.254 e. The number of methoxy groups -OCH3 is 1. The molecule has 0 radical (unpaired) electrons. The Hall–Kier alpha value is -3.03. The number of hydrogen-bond acceptors (Lipinski definition) is 3. The zero-order valence-corrected chi connectivity index (χ0v) is 19.9. The molecule has 0 bridgehead atoms. The number of aryl methyl sites for hydroxylation is 1. The van der Waals surface area contributed by atoms with Crippen molar-refractivity contribution in [2.45, 2.75) is 18.9 Å². The van der Waals surface area contributed by atoms with Crippen molar-refractivity contribution >= 4 is 33.4 Å². The molecule has 0 saturated heterocycles. The number of halogens is 2. The molecule has 1 N–H and O–H groups in total. The maximum atomic E-state index is 13.8. The summed E-state index contributed by atoms with van der Waals surface area (Å²) in [4.78, 5) is 28.9. The minimum Gasteiger partial charge on any atom is -0.383 e. The number of carbonyl (C=O) groups is 2. The molecule has 1 aliphatic rings. The summed E-state index contributed by atoms with van der Waals surface area (Å²) in [6.07, 6.45) is 0. The fraction of sp³-hybridized carbons (Fsp3) is 0.231. The van der Waals surface area contributed by atoms with Crippen molar-refractivity contribution in [3.63, 3.8) is 0 Å². The van der Waals surface area contributed by atoms with Crippen LogP contribution in [0.5, 0.6) is 0 Å². The third kappa shape index (κ3) is 4.70. The summed E-state index contributed by atoms with van der Waals surface area (Å²) in [7, 11) is 1.57. The predicted octanol–water partition coefficient (Wildman–Crippen LogP) is 5.46. The van der Waals surface area contributed by atoms with Crippen LogP contribution in [0.15, 0.2) is 71.2 Å². The van der Waals surface area contributed by atoms with Gasteiger partial charge in [-0.2, -0.15) is 0 Å². The number of nitrogens with one attached hydrogen (secondary N) is 1. The molecule has 3 aromatic carbocycles. The van der Waals surface area contributed by atoms with Gasteiger partial charge in [-0.05, 0) is 60.0 Å². The molecule has 33 heavy (non-hydrogen) atoms. The Morgan fingerprint density at radius 3 is 2.55 bits per heavy atom.